The molecule has 1 aliphatic rings. The van der Waals surface area contributed by atoms with Crippen LogP contribution in [0.25, 0.3) is 10.8 Å². The fourth-order valence-electron chi connectivity index (χ4n) is 3.90. The Morgan fingerprint density at radius 2 is 1.82 bits per heavy atom. The molecule has 1 amide bonds. The van der Waals surface area contributed by atoms with Gasteiger partial charge in [0.1, 0.15) is 12.0 Å². The van der Waals surface area contributed by atoms with Gasteiger partial charge in [-0.1, -0.05) is 30.3 Å². The first kappa shape index (κ1) is 18.1. The normalized spacial score (nSPS) is 16.4. The predicted octanol–water partition coefficient (Wildman–Crippen LogP) is 3.79. The molecule has 6 nitrogen and oxygen atoms in total. The minimum Gasteiger partial charge on any atom is -0.496 e. The lowest BCUT2D eigenvalue weighted by molar-refractivity contribution is 0.0700. The quantitative estimate of drug-likeness (QED) is 0.690. The number of benzene rings is 2. The van der Waals surface area contributed by atoms with Gasteiger partial charge in [0.2, 0.25) is 11.2 Å². The summed E-state index contributed by atoms with van der Waals surface area (Å²) in [7, 11) is 3.04. The molecule has 144 valence electrons. The molecule has 6 heteroatoms. The van der Waals surface area contributed by atoms with E-state index >= 15 is 0 Å². The van der Waals surface area contributed by atoms with E-state index in [1.54, 1.807) is 12.0 Å². The zero-order valence-corrected chi connectivity index (χ0v) is 15.8. The number of hydrogen-bond acceptors (Lipinski definition) is 5. The van der Waals surface area contributed by atoms with Crippen LogP contribution in [0.2, 0.25) is 0 Å². The fourth-order valence-corrected chi connectivity index (χ4v) is 3.90. The standard InChI is InChI=1S/C22H21NO5/c1-26-19-10-9-15(14-6-3-4-7-16(14)19)17-8-5-11-23(17)22(25)20-12-18(24)21(27-2)13-28-20/h3-4,6-7,9-10,12-13,17H,5,8,11H2,1-2H3. The SMILES string of the molecule is COc1coc(C(=O)N2CCCC2c2ccc(OC)c3ccccc23)cc1=O. The molecule has 0 saturated carbocycles. The number of nitrogens with zero attached hydrogens (tertiary/aromatic N) is 1. The van der Waals surface area contributed by atoms with Crippen LogP contribution in [0.4, 0.5) is 0 Å². The molecule has 2 heterocycles. The second kappa shape index (κ2) is 7.38. The average molecular weight is 379 g/mol. The summed E-state index contributed by atoms with van der Waals surface area (Å²) in [5, 5.41) is 2.07. The summed E-state index contributed by atoms with van der Waals surface area (Å²) in [6.45, 7) is 0.611. The molecule has 28 heavy (non-hydrogen) atoms. The van der Waals surface area contributed by atoms with Gasteiger partial charge in [-0.2, -0.15) is 0 Å². The highest BCUT2D eigenvalue weighted by Gasteiger charge is 2.33. The first-order valence-electron chi connectivity index (χ1n) is 9.17. The summed E-state index contributed by atoms with van der Waals surface area (Å²) in [4.78, 5) is 26.9. The number of methoxy groups -OCH3 is 2. The summed E-state index contributed by atoms with van der Waals surface area (Å²) >= 11 is 0. The largest absolute Gasteiger partial charge is 0.496 e. The van der Waals surface area contributed by atoms with Gasteiger partial charge in [-0.15, -0.1) is 0 Å². The molecule has 0 aliphatic carbocycles. The fraction of sp³-hybridized carbons (Fsp3) is 0.273. The zero-order valence-electron chi connectivity index (χ0n) is 15.8. The molecule has 0 spiro atoms. The Labute approximate surface area is 162 Å². The van der Waals surface area contributed by atoms with Gasteiger partial charge < -0.3 is 18.8 Å². The molecular weight excluding hydrogens is 358 g/mol. The van der Waals surface area contributed by atoms with Crippen molar-refractivity contribution >= 4 is 16.7 Å². The van der Waals surface area contributed by atoms with Gasteiger partial charge in [-0.3, -0.25) is 9.59 Å². The van der Waals surface area contributed by atoms with E-state index in [4.69, 9.17) is 13.9 Å². The second-order valence-electron chi connectivity index (χ2n) is 6.74. The molecule has 1 aliphatic heterocycles. The van der Waals surface area contributed by atoms with E-state index in [1.807, 2.05) is 36.4 Å². The molecule has 1 fully saturated rings. The minimum absolute atomic E-state index is 0.0236. The van der Waals surface area contributed by atoms with Crippen molar-refractivity contribution in [2.45, 2.75) is 18.9 Å². The van der Waals surface area contributed by atoms with E-state index in [-0.39, 0.29) is 28.9 Å². The maximum Gasteiger partial charge on any atom is 0.290 e. The molecule has 0 bridgehead atoms. The molecule has 1 atom stereocenters. The van der Waals surface area contributed by atoms with Crippen molar-refractivity contribution in [3.8, 4) is 11.5 Å². The molecule has 0 N–H and O–H groups in total. The number of rotatable bonds is 4. The lowest BCUT2D eigenvalue weighted by Gasteiger charge is -2.26. The molecular formula is C22H21NO5. The third-order valence-corrected chi connectivity index (χ3v) is 5.24. The maximum absolute atomic E-state index is 13.1. The van der Waals surface area contributed by atoms with Crippen molar-refractivity contribution in [3.05, 3.63) is 70.3 Å². The Morgan fingerprint density at radius 1 is 1.07 bits per heavy atom. The summed E-state index contributed by atoms with van der Waals surface area (Å²) in [6.07, 6.45) is 2.92. The number of amides is 1. The Balaban J connectivity index is 1.73. The first-order chi connectivity index (χ1) is 13.6. The molecule has 1 aromatic heterocycles. The van der Waals surface area contributed by atoms with E-state index < -0.39 is 0 Å². The Hall–Kier alpha value is -3.28. The number of carbonyl (C=O) groups is 1. The van der Waals surface area contributed by atoms with Crippen molar-refractivity contribution in [2.24, 2.45) is 0 Å². The summed E-state index contributed by atoms with van der Waals surface area (Å²) in [6, 6.07) is 13.1. The van der Waals surface area contributed by atoms with Crippen LogP contribution in [0.15, 0.2) is 57.9 Å². The summed E-state index contributed by atoms with van der Waals surface area (Å²) in [5.74, 6) is 0.615. The highest BCUT2D eigenvalue weighted by molar-refractivity contribution is 5.94. The lowest BCUT2D eigenvalue weighted by Crippen LogP contribution is -2.31. The molecule has 2 aromatic carbocycles. The number of fused-ring (bicyclic) bond motifs is 1. The van der Waals surface area contributed by atoms with Crippen LogP contribution in [0.1, 0.15) is 35.0 Å². The molecule has 1 saturated heterocycles. The molecule has 1 unspecified atom stereocenters. The van der Waals surface area contributed by atoms with E-state index in [2.05, 4.69) is 0 Å². The molecule has 4 rings (SSSR count). The van der Waals surface area contributed by atoms with E-state index in [1.165, 1.54) is 19.4 Å². The number of hydrogen-bond donors (Lipinski definition) is 0. The van der Waals surface area contributed by atoms with Gasteiger partial charge in [0.15, 0.2) is 5.76 Å². The van der Waals surface area contributed by atoms with Crippen molar-refractivity contribution in [3.63, 3.8) is 0 Å². The molecule has 0 radical (unpaired) electrons. The number of likely N-dealkylation sites (tertiary alicyclic amines) is 1. The van der Waals surface area contributed by atoms with Crippen molar-refractivity contribution in [1.29, 1.82) is 0 Å². The van der Waals surface area contributed by atoms with Crippen molar-refractivity contribution < 1.29 is 18.7 Å². The van der Waals surface area contributed by atoms with E-state index in [9.17, 15) is 9.59 Å². The first-order valence-corrected chi connectivity index (χ1v) is 9.17. The minimum atomic E-state index is -0.372. The van der Waals surface area contributed by atoms with Crippen molar-refractivity contribution in [2.75, 3.05) is 20.8 Å². The summed E-state index contributed by atoms with van der Waals surface area (Å²) in [5.41, 5.74) is 0.695. The third-order valence-electron chi connectivity index (χ3n) is 5.24. The predicted molar refractivity (Wildman–Crippen MR) is 105 cm³/mol. The van der Waals surface area contributed by atoms with Gasteiger partial charge in [-0.05, 0) is 29.9 Å². The molecule has 3 aromatic rings. The third kappa shape index (κ3) is 3.01. The highest BCUT2D eigenvalue weighted by atomic mass is 16.5. The lowest BCUT2D eigenvalue weighted by atomic mass is 9.96. The van der Waals surface area contributed by atoms with E-state index in [0.29, 0.717) is 6.54 Å². The summed E-state index contributed by atoms with van der Waals surface area (Å²) < 4.78 is 15.8. The van der Waals surface area contributed by atoms with Gasteiger partial charge in [0, 0.05) is 18.0 Å². The zero-order chi connectivity index (χ0) is 19.7. The topological polar surface area (TPSA) is 69.0 Å². The maximum atomic E-state index is 13.1. The van der Waals surface area contributed by atoms with Crippen LogP contribution in [-0.2, 0) is 0 Å². The van der Waals surface area contributed by atoms with Crippen LogP contribution in [0, 0.1) is 0 Å². The van der Waals surface area contributed by atoms with Crippen molar-refractivity contribution in [1.82, 2.24) is 4.90 Å². The van der Waals surface area contributed by atoms with Gasteiger partial charge in [-0.25, -0.2) is 0 Å². The average Bonchev–Trinajstić information content (AvgIpc) is 3.21. The number of ether oxygens (including phenoxy) is 2. The van der Waals surface area contributed by atoms with Crippen LogP contribution < -0.4 is 14.9 Å². The Morgan fingerprint density at radius 3 is 2.54 bits per heavy atom. The van der Waals surface area contributed by atoms with Crippen LogP contribution >= 0.6 is 0 Å². The van der Waals surface area contributed by atoms with Gasteiger partial charge in [0.25, 0.3) is 5.91 Å². The van der Waals surface area contributed by atoms with E-state index in [0.717, 1.165) is 34.9 Å². The van der Waals surface area contributed by atoms with Gasteiger partial charge in [0.05, 0.1) is 20.3 Å². The van der Waals surface area contributed by atoms with Crippen LogP contribution in [0.3, 0.4) is 0 Å². The monoisotopic (exact) mass is 379 g/mol. The highest BCUT2D eigenvalue weighted by Crippen LogP contribution is 2.39. The van der Waals surface area contributed by atoms with Gasteiger partial charge >= 0.3 is 0 Å². The smallest absolute Gasteiger partial charge is 0.290 e. The van der Waals surface area contributed by atoms with Crippen LogP contribution in [0.5, 0.6) is 11.5 Å². The Bertz CT molecular complexity index is 1090. The van der Waals surface area contributed by atoms with Crippen LogP contribution in [-0.4, -0.2) is 31.6 Å². The Kier molecular flexibility index (Phi) is 4.77. The number of carbonyl (C=O) groups excluding carboxylic acids is 1. The second-order valence-corrected chi connectivity index (χ2v) is 6.74.